The van der Waals surface area contributed by atoms with Crippen LogP contribution in [0.5, 0.6) is 0 Å². The summed E-state index contributed by atoms with van der Waals surface area (Å²) in [7, 11) is 0. The molecule has 158 valence electrons. The highest BCUT2D eigenvalue weighted by molar-refractivity contribution is 7.81. The van der Waals surface area contributed by atoms with E-state index in [1.54, 1.807) is 13.8 Å². The highest BCUT2D eigenvalue weighted by Crippen LogP contribution is 2.01. The second-order valence-electron chi connectivity index (χ2n) is 6.01. The minimum Gasteiger partial charge on any atom is -0.464 e. The molecule has 11 nitrogen and oxygen atoms in total. The van der Waals surface area contributed by atoms with Gasteiger partial charge in [-0.05, 0) is 0 Å². The number of hydrogen-bond acceptors (Lipinski definition) is 10. The van der Waals surface area contributed by atoms with E-state index in [1.807, 2.05) is 0 Å². The van der Waals surface area contributed by atoms with E-state index < -0.39 is 29.0 Å². The van der Waals surface area contributed by atoms with Gasteiger partial charge < -0.3 is 14.7 Å². The topological polar surface area (TPSA) is 139 Å². The lowest BCUT2D eigenvalue weighted by molar-refractivity contribution is -0.144. The molecule has 0 fully saturated rings. The Morgan fingerprint density at radius 1 is 0.857 bits per heavy atom. The van der Waals surface area contributed by atoms with Crippen molar-refractivity contribution < 1.29 is 24.3 Å². The molecule has 2 atom stereocenters. The Morgan fingerprint density at radius 2 is 1.21 bits per heavy atom. The van der Waals surface area contributed by atoms with Gasteiger partial charge in [-0.15, -0.1) is 0 Å². The molecule has 1 heterocycles. The van der Waals surface area contributed by atoms with Gasteiger partial charge in [-0.25, -0.2) is 23.5 Å². The summed E-state index contributed by atoms with van der Waals surface area (Å²) in [6.07, 6.45) is 0.0794. The van der Waals surface area contributed by atoms with Crippen molar-refractivity contribution in [2.24, 2.45) is 0 Å². The fourth-order valence-electron chi connectivity index (χ4n) is 2.10. The molecule has 1 aromatic heterocycles. The predicted octanol–water partition coefficient (Wildman–Crippen LogP) is -1.09. The lowest BCUT2D eigenvalue weighted by Crippen LogP contribution is -2.54. The number of thiol groups is 2. The third-order valence-corrected chi connectivity index (χ3v) is 3.73. The largest absolute Gasteiger partial charge is 0.464 e. The van der Waals surface area contributed by atoms with Crippen molar-refractivity contribution in [1.29, 1.82) is 0 Å². The number of esters is 2. The fourth-order valence-corrected chi connectivity index (χ4v) is 2.40. The van der Waals surface area contributed by atoms with Crippen LogP contribution in [0.1, 0.15) is 26.7 Å². The van der Waals surface area contributed by atoms with Crippen molar-refractivity contribution in [1.82, 2.24) is 13.9 Å². The molecule has 28 heavy (non-hydrogen) atoms. The van der Waals surface area contributed by atoms with Crippen LogP contribution in [0, 0.1) is 0 Å². The SMILES string of the molecule is CC(S)CC(=O)OCCn1c(=O)n(O)c(=O)n(CCOC(=O)CC(C)S)c1=O. The van der Waals surface area contributed by atoms with Gasteiger partial charge in [-0.2, -0.15) is 25.3 Å². The first kappa shape index (κ1) is 23.9. The number of hydrogen-bond donors (Lipinski definition) is 3. The number of nitrogens with zero attached hydrogens (tertiary/aromatic N) is 3. The van der Waals surface area contributed by atoms with Crippen LogP contribution in [0.25, 0.3) is 0 Å². The molecule has 0 radical (unpaired) electrons. The summed E-state index contributed by atoms with van der Waals surface area (Å²) in [4.78, 5) is 59.2. The molecule has 0 aliphatic rings. The fraction of sp³-hybridized carbons (Fsp3) is 0.667. The van der Waals surface area contributed by atoms with Crippen molar-refractivity contribution in [2.45, 2.75) is 50.3 Å². The van der Waals surface area contributed by atoms with Crippen molar-refractivity contribution in [3.63, 3.8) is 0 Å². The van der Waals surface area contributed by atoms with E-state index >= 15 is 0 Å². The molecule has 13 heteroatoms. The Labute approximate surface area is 170 Å². The van der Waals surface area contributed by atoms with E-state index in [0.29, 0.717) is 9.13 Å². The summed E-state index contributed by atoms with van der Waals surface area (Å²) in [5.41, 5.74) is -3.57. The lowest BCUT2D eigenvalue weighted by Gasteiger charge is -2.12. The number of carbonyl (C=O) groups is 2. The monoisotopic (exact) mass is 437 g/mol. The molecule has 0 aromatic carbocycles. The first-order valence-corrected chi connectivity index (χ1v) is 9.41. The molecule has 0 amide bonds. The van der Waals surface area contributed by atoms with Crippen LogP contribution in [0.2, 0.25) is 0 Å². The summed E-state index contributed by atoms with van der Waals surface area (Å²) in [6.45, 7) is 2.01. The van der Waals surface area contributed by atoms with Crippen molar-refractivity contribution in [2.75, 3.05) is 13.2 Å². The highest BCUT2D eigenvalue weighted by atomic mass is 32.1. The molecule has 0 aliphatic heterocycles. The number of aromatic nitrogens is 3. The minimum absolute atomic E-state index is 0.0397. The third-order valence-electron chi connectivity index (χ3n) is 3.37. The second-order valence-corrected chi connectivity index (χ2v) is 7.77. The number of ether oxygens (including phenoxy) is 2. The van der Waals surface area contributed by atoms with E-state index in [-0.39, 0.29) is 54.4 Å². The maximum absolute atomic E-state index is 12.4. The standard InChI is InChI=1S/C15H23N3O8S2/c1-9(27)7-11(19)25-5-3-16-13(21)17(15(23)18(24)14(16)22)4-6-26-12(20)8-10(2)28/h9-10,24,27-28H,3-8H2,1-2H3. The zero-order chi connectivity index (χ0) is 21.4. The van der Waals surface area contributed by atoms with Gasteiger partial charge >= 0.3 is 29.0 Å². The van der Waals surface area contributed by atoms with E-state index in [0.717, 1.165) is 0 Å². The molecule has 0 saturated carbocycles. The Hall–Kier alpha value is -2.15. The second kappa shape index (κ2) is 11.0. The molecule has 2 unspecified atom stereocenters. The average Bonchev–Trinajstić information content (AvgIpc) is 2.57. The third kappa shape index (κ3) is 7.11. The molecule has 0 spiro atoms. The Balaban J connectivity index is 2.88. The summed E-state index contributed by atoms with van der Waals surface area (Å²) < 4.78 is 10.6. The minimum atomic E-state index is -1.27. The normalized spacial score (nSPS) is 13.0. The van der Waals surface area contributed by atoms with E-state index in [9.17, 15) is 29.2 Å². The maximum atomic E-state index is 12.4. The van der Waals surface area contributed by atoms with E-state index in [2.05, 4.69) is 25.3 Å². The number of rotatable bonds is 10. The molecule has 0 bridgehead atoms. The van der Waals surface area contributed by atoms with Gasteiger partial charge in [0.25, 0.3) is 0 Å². The van der Waals surface area contributed by atoms with Crippen LogP contribution in [-0.4, -0.2) is 54.7 Å². The first-order chi connectivity index (χ1) is 13.0. The van der Waals surface area contributed by atoms with Gasteiger partial charge in [-0.1, -0.05) is 18.6 Å². The average molecular weight is 437 g/mol. The van der Waals surface area contributed by atoms with Crippen LogP contribution in [-0.2, 0) is 32.2 Å². The zero-order valence-electron chi connectivity index (χ0n) is 15.4. The molecular weight excluding hydrogens is 414 g/mol. The Kier molecular flexibility index (Phi) is 9.38. The quantitative estimate of drug-likeness (QED) is 0.238. The molecule has 0 saturated heterocycles. The van der Waals surface area contributed by atoms with Gasteiger partial charge in [-0.3, -0.25) is 9.59 Å². The zero-order valence-corrected chi connectivity index (χ0v) is 17.2. The van der Waals surface area contributed by atoms with E-state index in [1.165, 1.54) is 0 Å². The Bertz CT molecular complexity index is 805. The summed E-state index contributed by atoms with van der Waals surface area (Å²) >= 11 is 8.09. The highest BCUT2D eigenvalue weighted by Gasteiger charge is 2.16. The lowest BCUT2D eigenvalue weighted by atomic mass is 10.3. The van der Waals surface area contributed by atoms with Gasteiger partial charge in [0.05, 0.1) is 25.9 Å². The smallest absolute Gasteiger partial charge is 0.369 e. The predicted molar refractivity (Wildman–Crippen MR) is 104 cm³/mol. The molecule has 0 aliphatic carbocycles. The molecule has 1 rings (SSSR count). The van der Waals surface area contributed by atoms with Gasteiger partial charge in [0.2, 0.25) is 0 Å². The van der Waals surface area contributed by atoms with Crippen LogP contribution >= 0.6 is 25.3 Å². The molecular formula is C15H23N3O8S2. The maximum Gasteiger partial charge on any atom is 0.369 e. The van der Waals surface area contributed by atoms with Crippen molar-refractivity contribution >= 4 is 37.2 Å². The summed E-state index contributed by atoms with van der Waals surface area (Å²) in [5.74, 6) is -1.14. The molecule has 1 N–H and O–H groups in total. The first-order valence-electron chi connectivity index (χ1n) is 8.38. The molecule has 1 aromatic rings. The van der Waals surface area contributed by atoms with E-state index in [4.69, 9.17) is 9.47 Å². The van der Waals surface area contributed by atoms with Crippen LogP contribution in [0.4, 0.5) is 0 Å². The van der Waals surface area contributed by atoms with Gasteiger partial charge in [0.15, 0.2) is 0 Å². The van der Waals surface area contributed by atoms with Crippen LogP contribution in [0.3, 0.4) is 0 Å². The summed E-state index contributed by atoms with van der Waals surface area (Å²) in [5, 5.41) is 9.18. The van der Waals surface area contributed by atoms with Crippen molar-refractivity contribution in [3.05, 3.63) is 31.5 Å². The number of carbonyl (C=O) groups excluding carboxylic acids is 2. The Morgan fingerprint density at radius 3 is 1.54 bits per heavy atom. The van der Waals surface area contributed by atoms with Crippen molar-refractivity contribution in [3.8, 4) is 0 Å². The summed E-state index contributed by atoms with van der Waals surface area (Å²) in [6, 6.07) is 0. The van der Waals surface area contributed by atoms with Gasteiger partial charge in [0.1, 0.15) is 13.2 Å². The van der Waals surface area contributed by atoms with Crippen LogP contribution in [0.15, 0.2) is 14.4 Å². The van der Waals surface area contributed by atoms with Crippen LogP contribution < -0.4 is 17.1 Å². The van der Waals surface area contributed by atoms with Gasteiger partial charge in [0, 0.05) is 10.5 Å².